The SMILES string of the molecule is CC(CCCC(C)C(=O)O)NC(=O)N1CCN(C)C(=O)C1. The van der Waals surface area contributed by atoms with Crippen molar-refractivity contribution in [3.05, 3.63) is 0 Å². The summed E-state index contributed by atoms with van der Waals surface area (Å²) < 4.78 is 0. The molecular weight excluding hydrogens is 274 g/mol. The first-order chi connectivity index (χ1) is 9.81. The van der Waals surface area contributed by atoms with Crippen molar-refractivity contribution < 1.29 is 19.5 Å². The van der Waals surface area contributed by atoms with E-state index in [1.165, 1.54) is 4.90 Å². The average Bonchev–Trinajstić information content (AvgIpc) is 2.41. The van der Waals surface area contributed by atoms with Crippen LogP contribution >= 0.6 is 0 Å². The van der Waals surface area contributed by atoms with E-state index in [9.17, 15) is 14.4 Å². The normalized spacial score (nSPS) is 18.3. The van der Waals surface area contributed by atoms with E-state index in [-0.39, 0.29) is 30.4 Å². The number of likely N-dealkylation sites (N-methyl/N-ethyl adjacent to an activating group) is 1. The third-order valence-corrected chi connectivity index (χ3v) is 3.81. The molecule has 2 unspecified atom stereocenters. The number of aliphatic carboxylic acids is 1. The predicted octanol–water partition coefficient (Wildman–Crippen LogP) is 0.750. The Morgan fingerprint density at radius 3 is 2.52 bits per heavy atom. The largest absolute Gasteiger partial charge is 0.481 e. The molecule has 1 heterocycles. The fourth-order valence-electron chi connectivity index (χ4n) is 2.16. The van der Waals surface area contributed by atoms with Gasteiger partial charge in [-0.3, -0.25) is 9.59 Å². The lowest BCUT2D eigenvalue weighted by molar-refractivity contribution is -0.141. The first-order valence-corrected chi connectivity index (χ1v) is 7.33. The number of carboxylic acids is 1. The van der Waals surface area contributed by atoms with E-state index in [0.29, 0.717) is 19.5 Å². The zero-order chi connectivity index (χ0) is 16.0. The quantitative estimate of drug-likeness (QED) is 0.757. The lowest BCUT2D eigenvalue weighted by atomic mass is 10.0. The third-order valence-electron chi connectivity index (χ3n) is 3.81. The van der Waals surface area contributed by atoms with Crippen LogP contribution in [0.15, 0.2) is 0 Å². The highest BCUT2D eigenvalue weighted by atomic mass is 16.4. The summed E-state index contributed by atoms with van der Waals surface area (Å²) in [6.45, 7) is 4.78. The number of rotatable bonds is 6. The van der Waals surface area contributed by atoms with E-state index >= 15 is 0 Å². The number of carboxylic acid groups (broad SMARTS) is 1. The lowest BCUT2D eigenvalue weighted by Crippen LogP contribution is -2.54. The van der Waals surface area contributed by atoms with Gasteiger partial charge >= 0.3 is 12.0 Å². The number of carbonyl (C=O) groups is 3. The number of nitrogens with one attached hydrogen (secondary N) is 1. The summed E-state index contributed by atoms with van der Waals surface area (Å²) in [6, 6.07) is -0.261. The Hall–Kier alpha value is -1.79. The minimum Gasteiger partial charge on any atom is -0.481 e. The summed E-state index contributed by atoms with van der Waals surface area (Å²) in [5.74, 6) is -1.20. The minimum atomic E-state index is -0.789. The molecule has 3 amide bonds. The molecule has 0 aromatic carbocycles. The van der Waals surface area contributed by atoms with Gasteiger partial charge in [-0.25, -0.2) is 4.79 Å². The van der Waals surface area contributed by atoms with Crippen molar-refractivity contribution in [2.24, 2.45) is 5.92 Å². The number of carbonyl (C=O) groups excluding carboxylic acids is 2. The monoisotopic (exact) mass is 299 g/mol. The Balaban J connectivity index is 2.27. The highest BCUT2D eigenvalue weighted by Gasteiger charge is 2.25. The molecule has 2 atom stereocenters. The van der Waals surface area contributed by atoms with Crippen molar-refractivity contribution in [3.63, 3.8) is 0 Å². The van der Waals surface area contributed by atoms with Gasteiger partial charge in [-0.05, 0) is 19.8 Å². The molecule has 21 heavy (non-hydrogen) atoms. The molecule has 0 aromatic heterocycles. The molecular formula is C14H25N3O4. The van der Waals surface area contributed by atoms with Gasteiger partial charge in [0.25, 0.3) is 0 Å². The second kappa shape index (κ2) is 7.85. The van der Waals surface area contributed by atoms with E-state index in [4.69, 9.17) is 5.11 Å². The third kappa shape index (κ3) is 5.61. The number of hydrogen-bond acceptors (Lipinski definition) is 3. The molecule has 1 saturated heterocycles. The van der Waals surface area contributed by atoms with Gasteiger partial charge in [0.1, 0.15) is 6.54 Å². The predicted molar refractivity (Wildman–Crippen MR) is 77.9 cm³/mol. The van der Waals surface area contributed by atoms with Crippen molar-refractivity contribution in [3.8, 4) is 0 Å². The van der Waals surface area contributed by atoms with E-state index in [2.05, 4.69) is 5.32 Å². The number of nitrogens with zero attached hydrogens (tertiary/aromatic N) is 2. The maximum absolute atomic E-state index is 12.0. The van der Waals surface area contributed by atoms with Gasteiger partial charge in [-0.15, -0.1) is 0 Å². The highest BCUT2D eigenvalue weighted by molar-refractivity contribution is 5.85. The highest BCUT2D eigenvalue weighted by Crippen LogP contribution is 2.10. The summed E-state index contributed by atoms with van der Waals surface area (Å²) in [4.78, 5) is 37.4. The second-order valence-electron chi connectivity index (χ2n) is 5.76. The van der Waals surface area contributed by atoms with Crippen molar-refractivity contribution in [1.82, 2.24) is 15.1 Å². The fraction of sp³-hybridized carbons (Fsp3) is 0.786. The maximum atomic E-state index is 12.0. The van der Waals surface area contributed by atoms with Crippen LogP contribution in [0.1, 0.15) is 33.1 Å². The second-order valence-corrected chi connectivity index (χ2v) is 5.76. The van der Waals surface area contributed by atoms with Crippen molar-refractivity contribution in [2.75, 3.05) is 26.7 Å². The molecule has 120 valence electrons. The summed E-state index contributed by atoms with van der Waals surface area (Å²) >= 11 is 0. The Morgan fingerprint density at radius 1 is 1.29 bits per heavy atom. The molecule has 0 radical (unpaired) electrons. The van der Waals surface area contributed by atoms with Gasteiger partial charge in [0.2, 0.25) is 5.91 Å². The van der Waals surface area contributed by atoms with E-state index in [1.807, 2.05) is 6.92 Å². The maximum Gasteiger partial charge on any atom is 0.318 e. The van der Waals surface area contributed by atoms with Crippen molar-refractivity contribution in [2.45, 2.75) is 39.2 Å². The van der Waals surface area contributed by atoms with Crippen LogP contribution < -0.4 is 5.32 Å². The average molecular weight is 299 g/mol. The summed E-state index contributed by atoms with van der Waals surface area (Å²) in [6.07, 6.45) is 2.07. The Labute approximate surface area is 125 Å². The van der Waals surface area contributed by atoms with Gasteiger partial charge in [0.05, 0.1) is 5.92 Å². The van der Waals surface area contributed by atoms with Crippen LogP contribution in [0, 0.1) is 5.92 Å². The molecule has 1 fully saturated rings. The van der Waals surface area contributed by atoms with Crippen LogP contribution in [0.2, 0.25) is 0 Å². The smallest absolute Gasteiger partial charge is 0.318 e. The molecule has 0 spiro atoms. The Morgan fingerprint density at radius 2 is 1.95 bits per heavy atom. The molecule has 0 aliphatic carbocycles. The van der Waals surface area contributed by atoms with E-state index < -0.39 is 5.97 Å². The summed E-state index contributed by atoms with van der Waals surface area (Å²) in [7, 11) is 1.73. The number of amides is 3. The van der Waals surface area contributed by atoms with E-state index in [0.717, 1.165) is 12.8 Å². The molecule has 1 aliphatic rings. The zero-order valence-electron chi connectivity index (χ0n) is 13.0. The zero-order valence-corrected chi connectivity index (χ0v) is 13.0. The number of urea groups is 1. The molecule has 2 N–H and O–H groups in total. The van der Waals surface area contributed by atoms with Crippen LogP contribution in [0.25, 0.3) is 0 Å². The Kier molecular flexibility index (Phi) is 6.45. The molecule has 7 nitrogen and oxygen atoms in total. The van der Waals surface area contributed by atoms with Crippen LogP contribution in [0.5, 0.6) is 0 Å². The standard InChI is InChI=1S/C14H25N3O4/c1-10(13(19)20)5-4-6-11(2)15-14(21)17-8-7-16(3)12(18)9-17/h10-11H,4-9H2,1-3H3,(H,15,21)(H,19,20). The molecule has 0 bridgehead atoms. The minimum absolute atomic E-state index is 0.0340. The van der Waals surface area contributed by atoms with E-state index in [1.54, 1.807) is 18.9 Å². The number of hydrogen-bond donors (Lipinski definition) is 2. The van der Waals surface area contributed by atoms with Gasteiger partial charge in [0, 0.05) is 26.2 Å². The van der Waals surface area contributed by atoms with Gasteiger partial charge in [0.15, 0.2) is 0 Å². The van der Waals surface area contributed by atoms with Gasteiger partial charge in [-0.1, -0.05) is 13.3 Å². The van der Waals surface area contributed by atoms with Gasteiger partial charge in [-0.2, -0.15) is 0 Å². The molecule has 1 aliphatic heterocycles. The molecule has 0 aromatic rings. The number of piperazine rings is 1. The summed E-state index contributed by atoms with van der Waals surface area (Å²) in [5.41, 5.74) is 0. The van der Waals surface area contributed by atoms with Crippen molar-refractivity contribution in [1.29, 1.82) is 0 Å². The van der Waals surface area contributed by atoms with Crippen LogP contribution in [-0.4, -0.2) is 65.5 Å². The summed E-state index contributed by atoms with van der Waals surface area (Å²) in [5, 5.41) is 11.7. The van der Waals surface area contributed by atoms with Gasteiger partial charge < -0.3 is 20.2 Å². The van der Waals surface area contributed by atoms with Crippen molar-refractivity contribution >= 4 is 17.9 Å². The molecule has 0 saturated carbocycles. The Bertz CT molecular complexity index is 400. The van der Waals surface area contributed by atoms with Crippen LogP contribution in [0.3, 0.4) is 0 Å². The topological polar surface area (TPSA) is 89.9 Å². The lowest BCUT2D eigenvalue weighted by Gasteiger charge is -2.32. The van der Waals surface area contributed by atoms with Crippen LogP contribution in [0.4, 0.5) is 4.79 Å². The fourth-order valence-corrected chi connectivity index (χ4v) is 2.16. The first kappa shape index (κ1) is 17.3. The first-order valence-electron chi connectivity index (χ1n) is 7.33. The van der Waals surface area contributed by atoms with Crippen LogP contribution in [-0.2, 0) is 9.59 Å². The molecule has 1 rings (SSSR count). The molecule has 7 heteroatoms.